The van der Waals surface area contributed by atoms with E-state index >= 15 is 0 Å². The summed E-state index contributed by atoms with van der Waals surface area (Å²) in [6.45, 7) is 0.0490. The molecule has 0 radical (unpaired) electrons. The Morgan fingerprint density at radius 3 is 2.67 bits per heavy atom. The number of sulfonamides is 1. The van der Waals surface area contributed by atoms with Crippen LogP contribution in [0.2, 0.25) is 0 Å². The standard InChI is InChI=1S/C12H15N5O3S/c13-12(16-18)6-7-17(10-4-2-1-3-5-10)21(19,20)11-8-14-15-9-11/h1-5,8-9,18H,6-7H2,(H2,13,16)(H,14,15). The summed E-state index contributed by atoms with van der Waals surface area (Å²) in [7, 11) is -3.77. The Balaban J connectivity index is 2.37. The van der Waals surface area contributed by atoms with E-state index in [0.29, 0.717) is 5.69 Å². The van der Waals surface area contributed by atoms with Gasteiger partial charge in [-0.3, -0.25) is 9.40 Å². The highest BCUT2D eigenvalue weighted by Crippen LogP contribution is 2.22. The van der Waals surface area contributed by atoms with Crippen LogP contribution in [0.1, 0.15) is 6.42 Å². The zero-order valence-electron chi connectivity index (χ0n) is 11.0. The molecule has 0 unspecified atom stereocenters. The van der Waals surface area contributed by atoms with Crippen LogP contribution in [0.3, 0.4) is 0 Å². The van der Waals surface area contributed by atoms with Gasteiger partial charge in [-0.1, -0.05) is 23.4 Å². The molecule has 0 bridgehead atoms. The molecular weight excluding hydrogens is 294 g/mol. The number of aromatic amines is 1. The highest BCUT2D eigenvalue weighted by Gasteiger charge is 2.25. The number of aromatic nitrogens is 2. The summed E-state index contributed by atoms with van der Waals surface area (Å²) in [4.78, 5) is 0.0471. The Hall–Kier alpha value is -2.55. The third-order valence-corrected chi connectivity index (χ3v) is 4.60. The molecule has 2 aromatic rings. The van der Waals surface area contributed by atoms with Gasteiger partial charge in [-0.05, 0) is 12.1 Å². The van der Waals surface area contributed by atoms with Crippen molar-refractivity contribution >= 4 is 21.5 Å². The number of benzene rings is 1. The Labute approximate surface area is 121 Å². The smallest absolute Gasteiger partial charge is 0.267 e. The van der Waals surface area contributed by atoms with Gasteiger partial charge in [-0.2, -0.15) is 5.10 Å². The summed E-state index contributed by atoms with van der Waals surface area (Å²) in [5, 5.41) is 17.6. The fraction of sp³-hybridized carbons (Fsp3) is 0.167. The topological polar surface area (TPSA) is 125 Å². The third kappa shape index (κ3) is 3.31. The number of nitrogens with two attached hydrogens (primary N) is 1. The van der Waals surface area contributed by atoms with Gasteiger partial charge in [0.1, 0.15) is 10.7 Å². The first-order valence-electron chi connectivity index (χ1n) is 6.08. The van der Waals surface area contributed by atoms with Crippen LogP contribution >= 0.6 is 0 Å². The first-order valence-corrected chi connectivity index (χ1v) is 7.52. The van der Waals surface area contributed by atoms with Crippen LogP contribution in [-0.2, 0) is 10.0 Å². The number of amidine groups is 1. The highest BCUT2D eigenvalue weighted by atomic mass is 32.2. The van der Waals surface area contributed by atoms with E-state index < -0.39 is 10.0 Å². The number of anilines is 1. The van der Waals surface area contributed by atoms with E-state index in [2.05, 4.69) is 15.4 Å². The Kier molecular flexibility index (Phi) is 4.43. The molecule has 0 atom stereocenters. The zero-order chi connectivity index (χ0) is 15.3. The highest BCUT2D eigenvalue weighted by molar-refractivity contribution is 7.92. The van der Waals surface area contributed by atoms with Crippen LogP contribution in [0, 0.1) is 0 Å². The van der Waals surface area contributed by atoms with Crippen molar-refractivity contribution < 1.29 is 13.6 Å². The second kappa shape index (κ2) is 6.27. The molecule has 4 N–H and O–H groups in total. The van der Waals surface area contributed by atoms with Crippen molar-refractivity contribution in [3.63, 3.8) is 0 Å². The van der Waals surface area contributed by atoms with Gasteiger partial charge in [0.15, 0.2) is 0 Å². The van der Waals surface area contributed by atoms with E-state index in [4.69, 9.17) is 10.9 Å². The van der Waals surface area contributed by atoms with Crippen molar-refractivity contribution in [1.82, 2.24) is 10.2 Å². The SMILES string of the molecule is N/C(CCN(c1ccccc1)S(=O)(=O)c1cn[nH]c1)=N/O. The first kappa shape index (κ1) is 14.9. The summed E-state index contributed by atoms with van der Waals surface area (Å²) in [6.07, 6.45) is 2.63. The van der Waals surface area contributed by atoms with Gasteiger partial charge in [-0.25, -0.2) is 8.42 Å². The Morgan fingerprint density at radius 1 is 1.38 bits per heavy atom. The van der Waals surface area contributed by atoms with Crippen LogP contribution in [0.25, 0.3) is 0 Å². The average Bonchev–Trinajstić information content (AvgIpc) is 3.03. The van der Waals surface area contributed by atoms with Gasteiger partial charge in [0, 0.05) is 19.2 Å². The number of rotatable bonds is 6. The molecule has 9 heteroatoms. The molecule has 8 nitrogen and oxygen atoms in total. The molecule has 2 rings (SSSR count). The number of nitrogens with zero attached hydrogens (tertiary/aromatic N) is 3. The van der Waals surface area contributed by atoms with Crippen molar-refractivity contribution in [2.75, 3.05) is 10.8 Å². The fourth-order valence-electron chi connectivity index (χ4n) is 1.76. The van der Waals surface area contributed by atoms with E-state index in [0.717, 1.165) is 0 Å². The van der Waals surface area contributed by atoms with Crippen molar-refractivity contribution in [1.29, 1.82) is 0 Å². The van der Waals surface area contributed by atoms with Crippen LogP contribution < -0.4 is 10.0 Å². The number of nitrogens with one attached hydrogen (secondary N) is 1. The minimum absolute atomic E-state index is 0.0432. The monoisotopic (exact) mass is 309 g/mol. The van der Waals surface area contributed by atoms with Gasteiger partial charge in [0.25, 0.3) is 10.0 Å². The lowest BCUT2D eigenvalue weighted by Gasteiger charge is -2.23. The van der Waals surface area contributed by atoms with Gasteiger partial charge in [-0.15, -0.1) is 0 Å². The summed E-state index contributed by atoms with van der Waals surface area (Å²) in [5.41, 5.74) is 5.91. The zero-order valence-corrected chi connectivity index (χ0v) is 11.9. The van der Waals surface area contributed by atoms with Crippen molar-refractivity contribution in [2.24, 2.45) is 10.9 Å². The second-order valence-corrected chi connectivity index (χ2v) is 6.05. The van der Waals surface area contributed by atoms with E-state index in [1.807, 2.05) is 0 Å². The Bertz CT molecular complexity index is 698. The van der Waals surface area contributed by atoms with Crippen molar-refractivity contribution in [3.8, 4) is 0 Å². The number of oxime groups is 1. The molecule has 0 saturated heterocycles. The third-order valence-electron chi connectivity index (χ3n) is 2.80. The van der Waals surface area contributed by atoms with Gasteiger partial charge >= 0.3 is 0 Å². The molecule has 1 heterocycles. The van der Waals surface area contributed by atoms with Crippen LogP contribution in [0.5, 0.6) is 0 Å². The largest absolute Gasteiger partial charge is 0.409 e. The summed E-state index contributed by atoms with van der Waals surface area (Å²) in [5.74, 6) is -0.0432. The second-order valence-electron chi connectivity index (χ2n) is 4.19. The van der Waals surface area contributed by atoms with Gasteiger partial charge in [0.05, 0.1) is 11.9 Å². The van der Waals surface area contributed by atoms with Crippen LogP contribution in [0.4, 0.5) is 5.69 Å². The van der Waals surface area contributed by atoms with E-state index in [1.54, 1.807) is 30.3 Å². The molecule has 112 valence electrons. The minimum Gasteiger partial charge on any atom is -0.409 e. The van der Waals surface area contributed by atoms with E-state index in [-0.39, 0.29) is 23.7 Å². The number of H-pyrrole nitrogens is 1. The fourth-order valence-corrected chi connectivity index (χ4v) is 3.13. The molecule has 0 fully saturated rings. The maximum absolute atomic E-state index is 12.6. The van der Waals surface area contributed by atoms with Crippen LogP contribution in [0.15, 0.2) is 52.8 Å². The summed E-state index contributed by atoms with van der Waals surface area (Å²) < 4.78 is 26.4. The minimum atomic E-state index is -3.77. The normalized spacial score (nSPS) is 12.3. The Morgan fingerprint density at radius 2 is 2.10 bits per heavy atom. The summed E-state index contributed by atoms with van der Waals surface area (Å²) >= 11 is 0. The van der Waals surface area contributed by atoms with Gasteiger partial charge in [0.2, 0.25) is 0 Å². The maximum Gasteiger partial charge on any atom is 0.267 e. The molecule has 0 spiro atoms. The van der Waals surface area contributed by atoms with E-state index in [1.165, 1.54) is 16.7 Å². The predicted molar refractivity (Wildman–Crippen MR) is 77.6 cm³/mol. The number of para-hydroxylation sites is 1. The molecule has 0 aliphatic heterocycles. The molecular formula is C12H15N5O3S. The number of hydrogen-bond acceptors (Lipinski definition) is 5. The molecule has 0 aliphatic carbocycles. The lowest BCUT2D eigenvalue weighted by molar-refractivity contribution is 0.317. The quantitative estimate of drug-likeness (QED) is 0.314. The lowest BCUT2D eigenvalue weighted by atomic mass is 10.3. The average molecular weight is 309 g/mol. The predicted octanol–water partition coefficient (Wildman–Crippen LogP) is 0.741. The number of hydrogen-bond donors (Lipinski definition) is 3. The molecule has 0 aliphatic rings. The van der Waals surface area contributed by atoms with Gasteiger partial charge < -0.3 is 10.9 Å². The molecule has 0 saturated carbocycles. The first-order chi connectivity index (χ1) is 10.1. The van der Waals surface area contributed by atoms with Crippen molar-refractivity contribution in [2.45, 2.75) is 11.3 Å². The van der Waals surface area contributed by atoms with E-state index in [9.17, 15) is 8.42 Å². The lowest BCUT2D eigenvalue weighted by Crippen LogP contribution is -2.34. The maximum atomic E-state index is 12.6. The van der Waals surface area contributed by atoms with Crippen molar-refractivity contribution in [3.05, 3.63) is 42.7 Å². The molecule has 21 heavy (non-hydrogen) atoms. The van der Waals surface area contributed by atoms with Crippen LogP contribution in [-0.4, -0.2) is 36.2 Å². The summed E-state index contributed by atoms with van der Waals surface area (Å²) in [6, 6.07) is 8.59. The molecule has 1 aromatic carbocycles. The molecule has 0 amide bonds. The molecule has 1 aromatic heterocycles.